The van der Waals surface area contributed by atoms with E-state index in [4.69, 9.17) is 9.47 Å². The Morgan fingerprint density at radius 3 is 2.48 bits per heavy atom. The Labute approximate surface area is 176 Å². The number of nitrogens with one attached hydrogen (secondary N) is 1. The molecule has 156 valence electrons. The number of fused-ring (bicyclic) bond motifs is 2. The highest BCUT2D eigenvalue weighted by atomic mass is 19.3. The van der Waals surface area contributed by atoms with Gasteiger partial charge in [0.25, 0.3) is 5.91 Å². The number of benzene rings is 3. The second-order valence-corrected chi connectivity index (χ2v) is 7.00. The van der Waals surface area contributed by atoms with Crippen molar-refractivity contribution < 1.29 is 23.0 Å². The summed E-state index contributed by atoms with van der Waals surface area (Å²) in [4.78, 5) is 16.9. The Morgan fingerprint density at radius 1 is 1.00 bits per heavy atom. The van der Waals surface area contributed by atoms with Crippen molar-refractivity contribution in [3.8, 4) is 22.9 Å². The molecule has 0 radical (unpaired) electrons. The van der Waals surface area contributed by atoms with Crippen molar-refractivity contribution in [3.05, 3.63) is 72.8 Å². The van der Waals surface area contributed by atoms with Gasteiger partial charge in [0.15, 0.2) is 11.5 Å². The predicted molar refractivity (Wildman–Crippen MR) is 111 cm³/mol. The van der Waals surface area contributed by atoms with Crippen molar-refractivity contribution in [1.82, 2.24) is 9.55 Å². The van der Waals surface area contributed by atoms with Gasteiger partial charge in [0.2, 0.25) is 6.10 Å². The van der Waals surface area contributed by atoms with Gasteiger partial charge in [-0.15, -0.1) is 0 Å². The number of carbonyl (C=O) groups is 1. The largest absolute Gasteiger partial charge is 0.485 e. The molecule has 5 rings (SSSR count). The van der Waals surface area contributed by atoms with Gasteiger partial charge in [-0.3, -0.25) is 9.36 Å². The third-order valence-electron chi connectivity index (χ3n) is 5.00. The van der Waals surface area contributed by atoms with Gasteiger partial charge >= 0.3 is 6.55 Å². The lowest BCUT2D eigenvalue weighted by atomic mass is 10.2. The molecule has 0 spiro atoms. The Hall–Kier alpha value is -3.94. The Balaban J connectivity index is 1.35. The lowest BCUT2D eigenvalue weighted by Crippen LogP contribution is -2.40. The zero-order valence-electron chi connectivity index (χ0n) is 16.2. The van der Waals surface area contributed by atoms with Crippen LogP contribution in [0.2, 0.25) is 0 Å². The van der Waals surface area contributed by atoms with Crippen LogP contribution in [-0.4, -0.2) is 28.2 Å². The van der Waals surface area contributed by atoms with Crippen LogP contribution in [0.15, 0.2) is 72.8 Å². The molecular weight excluding hydrogens is 404 g/mol. The van der Waals surface area contributed by atoms with E-state index in [1.807, 2.05) is 6.07 Å². The lowest BCUT2D eigenvalue weighted by molar-refractivity contribution is -0.125. The highest BCUT2D eigenvalue weighted by molar-refractivity contribution is 5.95. The minimum Gasteiger partial charge on any atom is -0.485 e. The maximum atomic E-state index is 13.7. The summed E-state index contributed by atoms with van der Waals surface area (Å²) in [6.45, 7) is -2.63. The number of anilines is 1. The molecule has 4 aromatic rings. The van der Waals surface area contributed by atoms with Crippen LogP contribution >= 0.6 is 0 Å². The standard InChI is InChI=1S/C23H17F2N3O3/c24-23(25)28-17-6-2-1-5-16(17)27-21(28)14-9-11-15(12-10-14)26-22(29)20-13-30-18-7-3-4-8-19(18)31-20/h1-12,20,23H,13H2,(H,26,29). The normalized spacial score (nSPS) is 15.3. The van der Waals surface area contributed by atoms with Crippen LogP contribution in [0.5, 0.6) is 11.5 Å². The average molecular weight is 421 g/mol. The fraction of sp³-hybridized carbons (Fsp3) is 0.130. The maximum absolute atomic E-state index is 13.7. The first-order chi connectivity index (χ1) is 15.1. The molecule has 1 aromatic heterocycles. The molecule has 31 heavy (non-hydrogen) atoms. The van der Waals surface area contributed by atoms with Gasteiger partial charge in [0, 0.05) is 11.3 Å². The van der Waals surface area contributed by atoms with Crippen LogP contribution in [0.4, 0.5) is 14.5 Å². The fourth-order valence-electron chi connectivity index (χ4n) is 3.52. The molecule has 6 nitrogen and oxygen atoms in total. The molecule has 1 unspecified atom stereocenters. The van der Waals surface area contributed by atoms with E-state index < -0.39 is 12.7 Å². The number of halogens is 2. The van der Waals surface area contributed by atoms with Crippen molar-refractivity contribution in [3.63, 3.8) is 0 Å². The van der Waals surface area contributed by atoms with Crippen LogP contribution in [-0.2, 0) is 4.79 Å². The summed E-state index contributed by atoms with van der Waals surface area (Å²) < 4.78 is 39.5. The van der Waals surface area contributed by atoms with Gasteiger partial charge < -0.3 is 14.8 Å². The number of carbonyl (C=O) groups excluding carboxylic acids is 1. The first-order valence-electron chi connectivity index (χ1n) is 9.65. The quantitative estimate of drug-likeness (QED) is 0.510. The maximum Gasteiger partial charge on any atom is 0.320 e. The molecule has 1 atom stereocenters. The number of alkyl halides is 2. The van der Waals surface area contributed by atoms with Crippen LogP contribution in [0.1, 0.15) is 6.55 Å². The number of amides is 1. The van der Waals surface area contributed by atoms with E-state index >= 15 is 0 Å². The highest BCUT2D eigenvalue weighted by Gasteiger charge is 2.27. The summed E-state index contributed by atoms with van der Waals surface area (Å²) in [5.74, 6) is 0.907. The smallest absolute Gasteiger partial charge is 0.320 e. The van der Waals surface area contributed by atoms with Gasteiger partial charge in [-0.2, -0.15) is 8.78 Å². The first-order valence-corrected chi connectivity index (χ1v) is 9.65. The predicted octanol–water partition coefficient (Wildman–Crippen LogP) is 4.88. The summed E-state index contributed by atoms with van der Waals surface area (Å²) in [6, 6.07) is 20.4. The monoisotopic (exact) mass is 421 g/mol. The van der Waals surface area contributed by atoms with Crippen LogP contribution in [0.3, 0.4) is 0 Å². The molecule has 0 saturated carbocycles. The van der Waals surface area contributed by atoms with Crippen molar-refractivity contribution in [2.75, 3.05) is 11.9 Å². The molecule has 1 N–H and O–H groups in total. The van der Waals surface area contributed by atoms with Gasteiger partial charge in [-0.1, -0.05) is 24.3 Å². The van der Waals surface area contributed by atoms with Gasteiger partial charge in [-0.05, 0) is 48.5 Å². The van der Waals surface area contributed by atoms with Crippen LogP contribution in [0.25, 0.3) is 22.4 Å². The van der Waals surface area contributed by atoms with Crippen molar-refractivity contribution in [1.29, 1.82) is 0 Å². The van der Waals surface area contributed by atoms with Gasteiger partial charge in [-0.25, -0.2) is 4.98 Å². The molecule has 1 aliphatic rings. The first kappa shape index (κ1) is 19.0. The lowest BCUT2D eigenvalue weighted by Gasteiger charge is -2.25. The van der Waals surface area contributed by atoms with Gasteiger partial charge in [0.05, 0.1) is 11.0 Å². The van der Waals surface area contributed by atoms with Crippen molar-refractivity contribution >= 4 is 22.6 Å². The van der Waals surface area contributed by atoms with E-state index in [1.165, 1.54) is 0 Å². The Morgan fingerprint density at radius 2 is 1.71 bits per heavy atom. The second kappa shape index (κ2) is 7.71. The number of ether oxygens (including phenoxy) is 2. The third kappa shape index (κ3) is 3.56. The molecular formula is C23H17F2N3O3. The summed E-state index contributed by atoms with van der Waals surface area (Å²) in [6.07, 6.45) is -0.794. The molecule has 0 bridgehead atoms. The Bertz CT molecular complexity index is 1250. The number of aromatic nitrogens is 2. The summed E-state index contributed by atoms with van der Waals surface area (Å²) in [7, 11) is 0. The summed E-state index contributed by atoms with van der Waals surface area (Å²) >= 11 is 0. The minimum absolute atomic E-state index is 0.0966. The topological polar surface area (TPSA) is 65.4 Å². The van der Waals surface area contributed by atoms with E-state index in [9.17, 15) is 13.6 Å². The molecule has 1 aliphatic heterocycles. The molecule has 0 aliphatic carbocycles. The number of nitrogens with zero attached hydrogens (tertiary/aromatic N) is 2. The number of hydrogen-bond donors (Lipinski definition) is 1. The molecule has 1 amide bonds. The summed E-state index contributed by atoms with van der Waals surface area (Å²) in [5, 5.41) is 2.77. The van der Waals surface area contributed by atoms with Crippen LogP contribution in [0, 0.1) is 0 Å². The van der Waals surface area contributed by atoms with Crippen molar-refractivity contribution in [2.24, 2.45) is 0 Å². The van der Waals surface area contributed by atoms with E-state index in [2.05, 4.69) is 10.3 Å². The molecule has 0 fully saturated rings. The number of rotatable bonds is 4. The van der Waals surface area contributed by atoms with Gasteiger partial charge in [0.1, 0.15) is 12.4 Å². The summed E-state index contributed by atoms with van der Waals surface area (Å²) in [5.41, 5.74) is 1.88. The zero-order valence-corrected chi connectivity index (χ0v) is 16.2. The zero-order chi connectivity index (χ0) is 21.4. The second-order valence-electron chi connectivity index (χ2n) is 7.00. The molecule has 0 saturated heterocycles. The van der Waals surface area contributed by atoms with E-state index in [0.29, 0.717) is 33.8 Å². The van der Waals surface area contributed by atoms with Crippen LogP contribution < -0.4 is 14.8 Å². The molecule has 3 aromatic carbocycles. The molecule has 8 heteroatoms. The number of para-hydroxylation sites is 4. The highest BCUT2D eigenvalue weighted by Crippen LogP contribution is 2.32. The number of imidazole rings is 1. The fourth-order valence-corrected chi connectivity index (χ4v) is 3.52. The Kier molecular flexibility index (Phi) is 4.74. The minimum atomic E-state index is -2.73. The number of hydrogen-bond acceptors (Lipinski definition) is 4. The van der Waals surface area contributed by atoms with E-state index in [-0.39, 0.29) is 18.3 Å². The van der Waals surface area contributed by atoms with E-state index in [1.54, 1.807) is 66.7 Å². The van der Waals surface area contributed by atoms with Crippen molar-refractivity contribution in [2.45, 2.75) is 12.7 Å². The third-order valence-corrected chi connectivity index (χ3v) is 5.00. The molecule has 2 heterocycles. The van der Waals surface area contributed by atoms with E-state index in [0.717, 1.165) is 4.57 Å². The SMILES string of the molecule is O=C(Nc1ccc(-c2nc3ccccc3n2C(F)F)cc1)C1COc2ccccc2O1. The average Bonchev–Trinajstić information content (AvgIpc) is 3.19.